The highest BCUT2D eigenvalue weighted by atomic mass is 16.3. The molecule has 160 valence electrons. The minimum atomic E-state index is 0.230. The lowest BCUT2D eigenvalue weighted by atomic mass is 9.86. The third-order valence-electron chi connectivity index (χ3n) is 6.62. The molecule has 3 nitrogen and oxygen atoms in total. The van der Waals surface area contributed by atoms with Crippen LogP contribution >= 0.6 is 0 Å². The highest BCUT2D eigenvalue weighted by Gasteiger charge is 2.20. The van der Waals surface area contributed by atoms with Crippen LogP contribution in [0.4, 0.5) is 0 Å². The van der Waals surface area contributed by atoms with Crippen LogP contribution in [0.5, 0.6) is 0 Å². The quantitative estimate of drug-likeness (QED) is 0.342. The molecule has 5 rings (SSSR count). The molecule has 0 saturated heterocycles. The van der Waals surface area contributed by atoms with Gasteiger partial charge in [-0.25, -0.2) is 4.98 Å². The smallest absolute Gasteiger partial charge is 0.227 e. The van der Waals surface area contributed by atoms with Gasteiger partial charge in [-0.1, -0.05) is 52.2 Å². The molecule has 0 aliphatic heterocycles. The minimum Gasteiger partial charge on any atom is -0.437 e. The molecule has 0 spiro atoms. The normalized spacial score (nSPS) is 15.7. The molecule has 3 heterocycles. The number of fused-ring (bicyclic) bond motifs is 3. The molecule has 3 aromatic heterocycles. The SMILES string of the molecule is Cc1cnc(-c2cccc3c2oc2nc(C4CCCCC4)ccc23)cc1CC(C)(C)C. The number of pyridine rings is 2. The molecule has 0 bridgehead atoms. The third-order valence-corrected chi connectivity index (χ3v) is 6.62. The monoisotopic (exact) mass is 412 g/mol. The van der Waals surface area contributed by atoms with E-state index in [-0.39, 0.29) is 5.41 Å². The first-order chi connectivity index (χ1) is 14.9. The van der Waals surface area contributed by atoms with Crippen molar-refractivity contribution < 1.29 is 4.42 Å². The van der Waals surface area contributed by atoms with Gasteiger partial charge in [-0.3, -0.25) is 4.98 Å². The second-order valence-corrected chi connectivity index (χ2v) is 10.4. The van der Waals surface area contributed by atoms with Crippen molar-refractivity contribution in [3.8, 4) is 11.3 Å². The van der Waals surface area contributed by atoms with Crippen molar-refractivity contribution in [1.82, 2.24) is 9.97 Å². The first-order valence-corrected chi connectivity index (χ1v) is 11.7. The number of rotatable bonds is 3. The molecule has 1 aliphatic carbocycles. The highest BCUT2D eigenvalue weighted by Crippen LogP contribution is 2.37. The van der Waals surface area contributed by atoms with E-state index in [4.69, 9.17) is 14.4 Å². The number of aromatic nitrogens is 2. The van der Waals surface area contributed by atoms with Gasteiger partial charge >= 0.3 is 0 Å². The number of hydrogen-bond acceptors (Lipinski definition) is 3. The van der Waals surface area contributed by atoms with Crippen molar-refractivity contribution in [2.24, 2.45) is 5.41 Å². The summed E-state index contributed by atoms with van der Waals surface area (Å²) in [6.45, 7) is 8.99. The van der Waals surface area contributed by atoms with E-state index in [0.717, 1.165) is 39.7 Å². The molecule has 1 saturated carbocycles. The molecular weight excluding hydrogens is 380 g/mol. The Morgan fingerprint density at radius 1 is 1.00 bits per heavy atom. The lowest BCUT2D eigenvalue weighted by Gasteiger charge is -2.20. The summed E-state index contributed by atoms with van der Waals surface area (Å²) >= 11 is 0. The van der Waals surface area contributed by atoms with Crippen LogP contribution in [0.15, 0.2) is 47.0 Å². The van der Waals surface area contributed by atoms with E-state index in [2.05, 4.69) is 64.1 Å². The van der Waals surface area contributed by atoms with Gasteiger partial charge in [0.2, 0.25) is 5.71 Å². The molecular formula is C28H32N2O. The zero-order valence-corrected chi connectivity index (χ0v) is 19.2. The fourth-order valence-electron chi connectivity index (χ4n) is 5.00. The van der Waals surface area contributed by atoms with Crippen molar-refractivity contribution >= 4 is 22.1 Å². The van der Waals surface area contributed by atoms with Gasteiger partial charge in [0, 0.05) is 34.1 Å². The summed E-state index contributed by atoms with van der Waals surface area (Å²) < 4.78 is 6.39. The standard InChI is InChI=1S/C28H32N2O/c1-18-17-29-25(15-20(18)16-28(2,3)4)23-12-8-11-21-22-13-14-24(19-9-6-5-7-10-19)30-27(22)31-26(21)23/h8,11-15,17,19H,5-7,9-10,16H2,1-4H3. The third kappa shape index (κ3) is 3.98. The molecule has 0 amide bonds. The summed E-state index contributed by atoms with van der Waals surface area (Å²) in [4.78, 5) is 9.73. The van der Waals surface area contributed by atoms with Crippen LogP contribution in [-0.4, -0.2) is 9.97 Å². The fraction of sp³-hybridized carbons (Fsp3) is 0.429. The summed E-state index contributed by atoms with van der Waals surface area (Å²) in [7, 11) is 0. The predicted molar refractivity (Wildman–Crippen MR) is 128 cm³/mol. The molecule has 0 radical (unpaired) electrons. The van der Waals surface area contributed by atoms with Crippen LogP contribution in [0.2, 0.25) is 0 Å². The molecule has 31 heavy (non-hydrogen) atoms. The Kier molecular flexibility index (Phi) is 5.08. The number of benzene rings is 1. The zero-order chi connectivity index (χ0) is 21.6. The Labute approximate surface area is 184 Å². The van der Waals surface area contributed by atoms with Gasteiger partial charge < -0.3 is 4.42 Å². The van der Waals surface area contributed by atoms with Crippen molar-refractivity contribution in [1.29, 1.82) is 0 Å². The molecule has 1 fully saturated rings. The molecule has 1 aliphatic rings. The van der Waals surface area contributed by atoms with Crippen molar-refractivity contribution in [2.75, 3.05) is 0 Å². The Hall–Kier alpha value is -2.68. The van der Waals surface area contributed by atoms with Crippen LogP contribution in [0.1, 0.15) is 75.6 Å². The number of hydrogen-bond donors (Lipinski definition) is 0. The molecule has 1 aromatic carbocycles. The van der Waals surface area contributed by atoms with Gasteiger partial charge in [-0.15, -0.1) is 0 Å². The number of aryl methyl sites for hydroxylation is 1. The van der Waals surface area contributed by atoms with Gasteiger partial charge in [-0.2, -0.15) is 0 Å². The fourth-order valence-corrected chi connectivity index (χ4v) is 5.00. The minimum absolute atomic E-state index is 0.230. The van der Waals surface area contributed by atoms with Crippen LogP contribution in [0.3, 0.4) is 0 Å². The lowest BCUT2D eigenvalue weighted by molar-refractivity contribution is 0.410. The van der Waals surface area contributed by atoms with E-state index in [1.54, 1.807) is 0 Å². The van der Waals surface area contributed by atoms with Gasteiger partial charge in [0.1, 0.15) is 5.58 Å². The second-order valence-electron chi connectivity index (χ2n) is 10.4. The summed E-state index contributed by atoms with van der Waals surface area (Å²) in [5.41, 5.74) is 7.68. The van der Waals surface area contributed by atoms with E-state index in [0.29, 0.717) is 5.92 Å². The van der Waals surface area contributed by atoms with Gasteiger partial charge in [0.15, 0.2) is 0 Å². The summed E-state index contributed by atoms with van der Waals surface area (Å²) in [6, 6.07) is 13.0. The van der Waals surface area contributed by atoms with Crippen LogP contribution in [0.25, 0.3) is 33.3 Å². The van der Waals surface area contributed by atoms with E-state index in [1.165, 1.54) is 48.9 Å². The Morgan fingerprint density at radius 3 is 2.58 bits per heavy atom. The van der Waals surface area contributed by atoms with E-state index in [1.807, 2.05) is 6.20 Å². The average Bonchev–Trinajstić information content (AvgIpc) is 3.13. The van der Waals surface area contributed by atoms with Crippen molar-refractivity contribution in [3.05, 3.63) is 59.4 Å². The summed E-state index contributed by atoms with van der Waals surface area (Å²) in [5, 5.41) is 2.22. The van der Waals surface area contributed by atoms with E-state index >= 15 is 0 Å². The highest BCUT2D eigenvalue weighted by molar-refractivity contribution is 6.08. The summed E-state index contributed by atoms with van der Waals surface area (Å²) in [6.07, 6.45) is 9.48. The van der Waals surface area contributed by atoms with Crippen LogP contribution < -0.4 is 0 Å². The maximum Gasteiger partial charge on any atom is 0.227 e. The predicted octanol–water partition coefficient (Wildman–Crippen LogP) is 7.99. The Balaban J connectivity index is 1.60. The molecule has 0 atom stereocenters. The van der Waals surface area contributed by atoms with Crippen molar-refractivity contribution in [3.63, 3.8) is 0 Å². The molecule has 3 heteroatoms. The zero-order valence-electron chi connectivity index (χ0n) is 19.2. The van der Waals surface area contributed by atoms with Crippen LogP contribution in [-0.2, 0) is 6.42 Å². The van der Waals surface area contributed by atoms with Gasteiger partial charge in [0.25, 0.3) is 0 Å². The van der Waals surface area contributed by atoms with Gasteiger partial charge in [-0.05, 0) is 67.0 Å². The van der Waals surface area contributed by atoms with E-state index in [9.17, 15) is 0 Å². The van der Waals surface area contributed by atoms with Crippen LogP contribution in [0, 0.1) is 12.3 Å². The number of para-hydroxylation sites is 1. The molecule has 0 unspecified atom stereocenters. The topological polar surface area (TPSA) is 38.9 Å². The maximum absolute atomic E-state index is 6.39. The van der Waals surface area contributed by atoms with Crippen molar-refractivity contribution in [2.45, 2.75) is 72.1 Å². The lowest BCUT2D eigenvalue weighted by Crippen LogP contribution is -2.10. The first-order valence-electron chi connectivity index (χ1n) is 11.7. The number of furan rings is 1. The molecule has 4 aromatic rings. The maximum atomic E-state index is 6.39. The molecule has 0 N–H and O–H groups in total. The Morgan fingerprint density at radius 2 is 1.81 bits per heavy atom. The summed E-state index contributed by atoms with van der Waals surface area (Å²) in [5.74, 6) is 0.574. The largest absolute Gasteiger partial charge is 0.437 e. The van der Waals surface area contributed by atoms with E-state index < -0.39 is 0 Å². The Bertz CT molecular complexity index is 1240. The first kappa shape index (κ1) is 20.2. The second kappa shape index (κ2) is 7.78. The number of nitrogens with zero attached hydrogens (tertiary/aromatic N) is 2. The average molecular weight is 413 g/mol. The van der Waals surface area contributed by atoms with Gasteiger partial charge in [0.05, 0.1) is 5.69 Å².